The minimum atomic E-state index is -0.180. The summed E-state index contributed by atoms with van der Waals surface area (Å²) in [7, 11) is 0. The van der Waals surface area contributed by atoms with Crippen LogP contribution in [-0.4, -0.2) is 21.4 Å². The van der Waals surface area contributed by atoms with Gasteiger partial charge in [0.2, 0.25) is 11.8 Å². The maximum atomic E-state index is 12.3. The van der Waals surface area contributed by atoms with E-state index in [0.717, 1.165) is 16.6 Å². The van der Waals surface area contributed by atoms with Crippen molar-refractivity contribution in [2.45, 2.75) is 19.8 Å². The third kappa shape index (κ3) is 3.45. The molecule has 23 heavy (non-hydrogen) atoms. The normalized spacial score (nSPS) is 10.7. The molecule has 0 fully saturated rings. The molecule has 0 bridgehead atoms. The molecule has 116 valence electrons. The van der Waals surface area contributed by atoms with Gasteiger partial charge in [-0.05, 0) is 31.2 Å². The fraction of sp³-hybridized carbons (Fsp3) is 0.167. The van der Waals surface area contributed by atoms with Gasteiger partial charge in [-0.15, -0.1) is 0 Å². The highest BCUT2D eigenvalue weighted by Crippen LogP contribution is 2.16. The van der Waals surface area contributed by atoms with Crippen molar-refractivity contribution in [2.24, 2.45) is 0 Å². The number of hydrogen-bond acceptors (Lipinski definition) is 3. The molecular formula is C18H17N3O2. The van der Waals surface area contributed by atoms with Gasteiger partial charge in [0, 0.05) is 42.0 Å². The summed E-state index contributed by atoms with van der Waals surface area (Å²) in [5, 5.41) is 3.79. The minimum Gasteiger partial charge on any atom is -0.326 e. The molecule has 5 nitrogen and oxygen atoms in total. The van der Waals surface area contributed by atoms with Gasteiger partial charge in [0.25, 0.3) is 0 Å². The number of hydrogen-bond donors (Lipinski definition) is 1. The molecule has 0 spiro atoms. The Kier molecular flexibility index (Phi) is 4.19. The Balaban J connectivity index is 1.61. The fourth-order valence-electron chi connectivity index (χ4n) is 2.49. The standard InChI is InChI=1S/C18H17N3O2/c1-13-12-15(8-10-19-13)20-17(22)6-7-18(23)21-11-9-14-4-2-3-5-16(14)21/h2-5,8-12H,6-7H2,1H3,(H,19,20,22). The minimum absolute atomic E-state index is 0.0905. The van der Waals surface area contributed by atoms with Crippen molar-refractivity contribution in [1.29, 1.82) is 0 Å². The van der Waals surface area contributed by atoms with Crippen LogP contribution in [0.15, 0.2) is 54.9 Å². The van der Waals surface area contributed by atoms with Crippen LogP contribution < -0.4 is 5.32 Å². The monoisotopic (exact) mass is 307 g/mol. The summed E-state index contributed by atoms with van der Waals surface area (Å²) in [5.74, 6) is -0.271. The largest absolute Gasteiger partial charge is 0.326 e. The first kappa shape index (κ1) is 15.0. The predicted molar refractivity (Wildman–Crippen MR) is 89.4 cm³/mol. The van der Waals surface area contributed by atoms with Gasteiger partial charge in [0.1, 0.15) is 0 Å². The topological polar surface area (TPSA) is 64.0 Å². The van der Waals surface area contributed by atoms with E-state index in [2.05, 4.69) is 10.3 Å². The summed E-state index contributed by atoms with van der Waals surface area (Å²) in [6, 6.07) is 13.1. The Morgan fingerprint density at radius 2 is 1.96 bits per heavy atom. The maximum Gasteiger partial charge on any atom is 0.231 e. The van der Waals surface area contributed by atoms with Crippen LogP contribution in [0.5, 0.6) is 0 Å². The van der Waals surface area contributed by atoms with Gasteiger partial charge in [-0.2, -0.15) is 0 Å². The second-order valence-electron chi connectivity index (χ2n) is 5.37. The summed E-state index contributed by atoms with van der Waals surface area (Å²) in [6.45, 7) is 1.86. The van der Waals surface area contributed by atoms with Crippen LogP contribution in [0.4, 0.5) is 5.69 Å². The molecule has 1 amide bonds. The first-order valence-electron chi connectivity index (χ1n) is 7.45. The van der Waals surface area contributed by atoms with E-state index in [1.807, 2.05) is 37.3 Å². The lowest BCUT2D eigenvalue weighted by molar-refractivity contribution is -0.116. The number of rotatable bonds is 4. The van der Waals surface area contributed by atoms with Crippen LogP contribution in [0.1, 0.15) is 23.3 Å². The number of para-hydroxylation sites is 1. The second kappa shape index (κ2) is 6.44. The number of amides is 1. The lowest BCUT2D eigenvalue weighted by atomic mass is 10.2. The number of fused-ring (bicyclic) bond motifs is 1. The van der Waals surface area contributed by atoms with E-state index in [1.165, 1.54) is 0 Å². The number of carbonyl (C=O) groups is 2. The van der Waals surface area contributed by atoms with E-state index in [9.17, 15) is 9.59 Å². The molecule has 1 N–H and O–H groups in total. The summed E-state index contributed by atoms with van der Waals surface area (Å²) in [4.78, 5) is 28.3. The molecule has 0 aliphatic heterocycles. The van der Waals surface area contributed by atoms with Gasteiger partial charge in [0.05, 0.1) is 5.52 Å². The first-order valence-corrected chi connectivity index (χ1v) is 7.45. The zero-order chi connectivity index (χ0) is 16.2. The Morgan fingerprint density at radius 3 is 2.78 bits per heavy atom. The molecule has 0 unspecified atom stereocenters. The predicted octanol–water partition coefficient (Wildman–Crippen LogP) is 3.40. The summed E-state index contributed by atoms with van der Waals surface area (Å²) in [6.07, 6.45) is 3.69. The molecule has 2 aromatic heterocycles. The lowest BCUT2D eigenvalue weighted by Crippen LogP contribution is -2.16. The van der Waals surface area contributed by atoms with Crippen LogP contribution in [0.2, 0.25) is 0 Å². The molecule has 0 aliphatic rings. The van der Waals surface area contributed by atoms with E-state index in [1.54, 1.807) is 29.1 Å². The molecule has 3 rings (SSSR count). The highest BCUT2D eigenvalue weighted by molar-refractivity contribution is 5.96. The third-order valence-electron chi connectivity index (χ3n) is 3.61. The Hall–Kier alpha value is -2.95. The number of anilines is 1. The zero-order valence-corrected chi connectivity index (χ0v) is 12.8. The van der Waals surface area contributed by atoms with Gasteiger partial charge in [-0.1, -0.05) is 18.2 Å². The molecule has 5 heteroatoms. The van der Waals surface area contributed by atoms with Gasteiger partial charge in [-0.3, -0.25) is 19.1 Å². The van der Waals surface area contributed by atoms with E-state index in [-0.39, 0.29) is 24.7 Å². The van der Waals surface area contributed by atoms with E-state index in [0.29, 0.717) is 5.69 Å². The van der Waals surface area contributed by atoms with Crippen LogP contribution in [0, 0.1) is 6.92 Å². The molecule has 0 radical (unpaired) electrons. The number of carbonyl (C=O) groups excluding carboxylic acids is 2. The third-order valence-corrected chi connectivity index (χ3v) is 3.61. The van der Waals surface area contributed by atoms with Crippen molar-refractivity contribution >= 4 is 28.4 Å². The smallest absolute Gasteiger partial charge is 0.231 e. The Labute approximate surface area is 134 Å². The van der Waals surface area contributed by atoms with Crippen molar-refractivity contribution in [1.82, 2.24) is 9.55 Å². The molecule has 0 saturated heterocycles. The quantitative estimate of drug-likeness (QED) is 0.803. The van der Waals surface area contributed by atoms with Crippen molar-refractivity contribution < 1.29 is 9.59 Å². The van der Waals surface area contributed by atoms with Gasteiger partial charge in [0.15, 0.2) is 0 Å². The average molecular weight is 307 g/mol. The highest BCUT2D eigenvalue weighted by atomic mass is 16.2. The number of aryl methyl sites for hydroxylation is 1. The zero-order valence-electron chi connectivity index (χ0n) is 12.8. The van der Waals surface area contributed by atoms with Crippen LogP contribution >= 0.6 is 0 Å². The van der Waals surface area contributed by atoms with Crippen molar-refractivity contribution in [3.8, 4) is 0 Å². The molecule has 3 aromatic rings. The number of benzene rings is 1. The number of aromatic nitrogens is 2. The average Bonchev–Trinajstić information content (AvgIpc) is 2.97. The number of pyridine rings is 1. The fourth-order valence-corrected chi connectivity index (χ4v) is 2.49. The lowest BCUT2D eigenvalue weighted by Gasteiger charge is -2.06. The molecule has 2 heterocycles. The van der Waals surface area contributed by atoms with Gasteiger partial charge in [-0.25, -0.2) is 0 Å². The molecule has 1 aromatic carbocycles. The highest BCUT2D eigenvalue weighted by Gasteiger charge is 2.11. The summed E-state index contributed by atoms with van der Waals surface area (Å²) >= 11 is 0. The van der Waals surface area contributed by atoms with Crippen molar-refractivity contribution in [2.75, 3.05) is 5.32 Å². The molecular weight excluding hydrogens is 290 g/mol. The van der Waals surface area contributed by atoms with Crippen LogP contribution in [-0.2, 0) is 4.79 Å². The number of nitrogens with one attached hydrogen (secondary N) is 1. The van der Waals surface area contributed by atoms with Gasteiger partial charge < -0.3 is 5.32 Å². The maximum absolute atomic E-state index is 12.3. The van der Waals surface area contributed by atoms with Gasteiger partial charge >= 0.3 is 0 Å². The second-order valence-corrected chi connectivity index (χ2v) is 5.37. The van der Waals surface area contributed by atoms with Crippen LogP contribution in [0.3, 0.4) is 0 Å². The van der Waals surface area contributed by atoms with Crippen molar-refractivity contribution in [3.05, 3.63) is 60.6 Å². The summed E-state index contributed by atoms with van der Waals surface area (Å²) in [5.41, 5.74) is 2.39. The molecule has 0 atom stereocenters. The Morgan fingerprint density at radius 1 is 1.13 bits per heavy atom. The first-order chi connectivity index (χ1) is 11.1. The van der Waals surface area contributed by atoms with Crippen LogP contribution in [0.25, 0.3) is 10.9 Å². The molecule has 0 aliphatic carbocycles. The SMILES string of the molecule is Cc1cc(NC(=O)CCC(=O)n2ccc3ccccc32)ccn1. The van der Waals surface area contributed by atoms with Crippen molar-refractivity contribution in [3.63, 3.8) is 0 Å². The van der Waals surface area contributed by atoms with E-state index in [4.69, 9.17) is 0 Å². The Bertz CT molecular complexity index is 867. The summed E-state index contributed by atoms with van der Waals surface area (Å²) < 4.78 is 1.60. The molecule has 0 saturated carbocycles. The van der Waals surface area contributed by atoms with E-state index < -0.39 is 0 Å². The van der Waals surface area contributed by atoms with E-state index >= 15 is 0 Å². The number of nitrogens with zero attached hydrogens (tertiary/aromatic N) is 2.